The summed E-state index contributed by atoms with van der Waals surface area (Å²) in [5.41, 5.74) is 5.08. The van der Waals surface area contributed by atoms with Gasteiger partial charge in [0.15, 0.2) is 0 Å². The number of hydrogen-bond donors (Lipinski definition) is 0. The van der Waals surface area contributed by atoms with Crippen molar-refractivity contribution in [2.45, 2.75) is 25.8 Å². The fraction of sp³-hybridized carbons (Fsp3) is 0.235. The lowest BCUT2D eigenvalue weighted by molar-refractivity contribution is 0.651. The van der Waals surface area contributed by atoms with Crippen molar-refractivity contribution in [1.82, 2.24) is 0 Å². The molecule has 1 atom stereocenters. The molecule has 90 valence electrons. The number of fused-ring (bicyclic) bond motifs is 1. The van der Waals surface area contributed by atoms with Crippen molar-refractivity contribution in [2.24, 2.45) is 4.99 Å². The van der Waals surface area contributed by atoms with Crippen molar-refractivity contribution in [3.05, 3.63) is 71.3 Å². The summed E-state index contributed by atoms with van der Waals surface area (Å²) >= 11 is 0. The first-order valence-electron chi connectivity index (χ1n) is 6.62. The van der Waals surface area contributed by atoms with E-state index in [1.54, 1.807) is 0 Å². The molecule has 3 rings (SSSR count). The van der Waals surface area contributed by atoms with Crippen LogP contribution >= 0.6 is 0 Å². The molecule has 0 radical (unpaired) electrons. The van der Waals surface area contributed by atoms with Gasteiger partial charge in [-0.25, -0.2) is 0 Å². The molecule has 1 nitrogen and oxygen atoms in total. The van der Waals surface area contributed by atoms with Crippen LogP contribution in [0.15, 0.2) is 59.6 Å². The fourth-order valence-electron chi connectivity index (χ4n) is 2.62. The zero-order valence-electron chi connectivity index (χ0n) is 10.6. The van der Waals surface area contributed by atoms with Crippen molar-refractivity contribution in [1.29, 1.82) is 0 Å². The monoisotopic (exact) mass is 235 g/mol. The lowest BCUT2D eigenvalue weighted by Gasteiger charge is -2.06. The summed E-state index contributed by atoms with van der Waals surface area (Å²) in [6, 6.07) is 19.5. The average molecular weight is 235 g/mol. The molecule has 0 bridgehead atoms. The van der Waals surface area contributed by atoms with Gasteiger partial charge in [-0.1, -0.05) is 67.9 Å². The maximum Gasteiger partial charge on any atom is 0.0763 e. The Labute approximate surface area is 108 Å². The van der Waals surface area contributed by atoms with Crippen molar-refractivity contribution >= 4 is 5.71 Å². The van der Waals surface area contributed by atoms with Crippen LogP contribution in [0.4, 0.5) is 0 Å². The zero-order valence-corrected chi connectivity index (χ0v) is 10.6. The summed E-state index contributed by atoms with van der Waals surface area (Å²) in [5, 5.41) is 0. The summed E-state index contributed by atoms with van der Waals surface area (Å²) in [6.07, 6.45) is 2.30. The van der Waals surface area contributed by atoms with E-state index in [4.69, 9.17) is 4.99 Å². The van der Waals surface area contributed by atoms with Gasteiger partial charge in [-0.05, 0) is 12.0 Å². The smallest absolute Gasteiger partial charge is 0.0763 e. The van der Waals surface area contributed by atoms with Crippen LogP contribution in [0.3, 0.4) is 0 Å². The van der Waals surface area contributed by atoms with Gasteiger partial charge in [-0.2, -0.15) is 0 Å². The van der Waals surface area contributed by atoms with E-state index < -0.39 is 0 Å². The van der Waals surface area contributed by atoms with Crippen molar-refractivity contribution < 1.29 is 0 Å². The van der Waals surface area contributed by atoms with E-state index in [9.17, 15) is 0 Å². The van der Waals surface area contributed by atoms with Crippen LogP contribution in [0, 0.1) is 0 Å². The largest absolute Gasteiger partial charge is 0.276 e. The van der Waals surface area contributed by atoms with Crippen molar-refractivity contribution in [3.8, 4) is 0 Å². The molecule has 1 unspecified atom stereocenters. The Morgan fingerprint density at radius 3 is 2.44 bits per heavy atom. The highest BCUT2D eigenvalue weighted by atomic mass is 14.8. The van der Waals surface area contributed by atoms with Crippen LogP contribution in [-0.2, 0) is 0 Å². The zero-order chi connectivity index (χ0) is 12.4. The first kappa shape index (κ1) is 11.2. The van der Waals surface area contributed by atoms with Crippen LogP contribution in [-0.4, -0.2) is 5.71 Å². The summed E-state index contributed by atoms with van der Waals surface area (Å²) in [6.45, 7) is 2.22. The second kappa shape index (κ2) is 4.77. The average Bonchev–Trinajstić information content (AvgIpc) is 2.80. The SMILES string of the molecule is CCCC1N=C(c2ccccc2)c2ccccc21. The quantitative estimate of drug-likeness (QED) is 0.748. The summed E-state index contributed by atoms with van der Waals surface area (Å²) in [5.74, 6) is 0. The Kier molecular flexibility index (Phi) is 2.97. The third-order valence-electron chi connectivity index (χ3n) is 3.47. The molecule has 1 heteroatoms. The van der Waals surface area contributed by atoms with Crippen molar-refractivity contribution in [2.75, 3.05) is 0 Å². The van der Waals surface area contributed by atoms with E-state index in [1.807, 2.05) is 0 Å². The Morgan fingerprint density at radius 2 is 1.67 bits per heavy atom. The minimum Gasteiger partial charge on any atom is -0.276 e. The molecule has 2 aromatic rings. The van der Waals surface area contributed by atoms with Gasteiger partial charge in [0.1, 0.15) is 0 Å². The minimum absolute atomic E-state index is 0.349. The summed E-state index contributed by atoms with van der Waals surface area (Å²) in [7, 11) is 0. The molecule has 0 amide bonds. The first-order chi connectivity index (χ1) is 8.90. The molecule has 1 aliphatic heterocycles. The van der Waals surface area contributed by atoms with E-state index in [2.05, 4.69) is 61.5 Å². The van der Waals surface area contributed by atoms with Crippen molar-refractivity contribution in [3.63, 3.8) is 0 Å². The molecule has 0 spiro atoms. The van der Waals surface area contributed by atoms with E-state index in [0.717, 1.165) is 12.1 Å². The first-order valence-corrected chi connectivity index (χ1v) is 6.62. The summed E-state index contributed by atoms with van der Waals surface area (Å²) < 4.78 is 0. The highest BCUT2D eigenvalue weighted by molar-refractivity contribution is 6.15. The van der Waals surface area contributed by atoms with E-state index in [-0.39, 0.29) is 0 Å². The third-order valence-corrected chi connectivity index (χ3v) is 3.47. The van der Waals surface area contributed by atoms with E-state index in [0.29, 0.717) is 6.04 Å². The second-order valence-corrected chi connectivity index (χ2v) is 4.74. The lowest BCUT2D eigenvalue weighted by atomic mass is 9.96. The summed E-state index contributed by atoms with van der Waals surface area (Å²) in [4.78, 5) is 4.93. The molecule has 0 saturated heterocycles. The second-order valence-electron chi connectivity index (χ2n) is 4.74. The van der Waals surface area contributed by atoms with Gasteiger partial charge in [0.05, 0.1) is 11.8 Å². The highest BCUT2D eigenvalue weighted by Crippen LogP contribution is 2.34. The molecule has 18 heavy (non-hydrogen) atoms. The Balaban J connectivity index is 2.08. The lowest BCUT2D eigenvalue weighted by Crippen LogP contribution is -1.99. The maximum absolute atomic E-state index is 4.93. The van der Waals surface area contributed by atoms with Gasteiger partial charge in [0, 0.05) is 11.1 Å². The van der Waals surface area contributed by atoms with Gasteiger partial charge in [-0.3, -0.25) is 4.99 Å². The van der Waals surface area contributed by atoms with Crippen LogP contribution in [0.25, 0.3) is 0 Å². The number of aliphatic imine (C=N–C) groups is 1. The molecule has 1 aliphatic rings. The molecule has 0 aliphatic carbocycles. The van der Waals surface area contributed by atoms with Gasteiger partial charge >= 0.3 is 0 Å². The molecule has 0 saturated carbocycles. The number of benzene rings is 2. The number of nitrogens with zero attached hydrogens (tertiary/aromatic N) is 1. The minimum atomic E-state index is 0.349. The van der Waals surface area contributed by atoms with Gasteiger partial charge in [0.2, 0.25) is 0 Å². The van der Waals surface area contributed by atoms with Crippen LogP contribution in [0.2, 0.25) is 0 Å². The molecule has 1 heterocycles. The Hall–Kier alpha value is -1.89. The van der Waals surface area contributed by atoms with Crippen LogP contribution in [0.1, 0.15) is 42.5 Å². The Morgan fingerprint density at radius 1 is 0.944 bits per heavy atom. The van der Waals surface area contributed by atoms with E-state index >= 15 is 0 Å². The highest BCUT2D eigenvalue weighted by Gasteiger charge is 2.24. The van der Waals surface area contributed by atoms with Gasteiger partial charge < -0.3 is 0 Å². The molecule has 2 aromatic carbocycles. The topological polar surface area (TPSA) is 12.4 Å². The Bertz CT molecular complexity index is 569. The number of hydrogen-bond acceptors (Lipinski definition) is 1. The maximum atomic E-state index is 4.93. The molecular weight excluding hydrogens is 218 g/mol. The molecule has 0 aromatic heterocycles. The normalized spacial score (nSPS) is 17.4. The van der Waals surface area contributed by atoms with Crippen LogP contribution in [0.5, 0.6) is 0 Å². The predicted octanol–water partition coefficient (Wildman–Crippen LogP) is 4.38. The molecular formula is C17H17N. The van der Waals surface area contributed by atoms with E-state index in [1.165, 1.54) is 23.1 Å². The fourth-order valence-corrected chi connectivity index (χ4v) is 2.62. The third kappa shape index (κ3) is 1.86. The van der Waals surface area contributed by atoms with Gasteiger partial charge in [-0.15, -0.1) is 0 Å². The van der Waals surface area contributed by atoms with Gasteiger partial charge in [0.25, 0.3) is 0 Å². The number of rotatable bonds is 3. The molecule has 0 N–H and O–H groups in total. The predicted molar refractivity (Wildman–Crippen MR) is 76.2 cm³/mol. The standard InChI is InChI=1S/C17H17N/c1-2-8-16-14-11-6-7-12-15(14)17(18-16)13-9-4-3-5-10-13/h3-7,9-12,16H,2,8H2,1H3. The van der Waals surface area contributed by atoms with Crippen LogP contribution < -0.4 is 0 Å². The molecule has 0 fully saturated rings.